The van der Waals surface area contributed by atoms with Gasteiger partial charge in [-0.05, 0) is 24.3 Å². The summed E-state index contributed by atoms with van der Waals surface area (Å²) >= 11 is 0. The number of rotatable bonds is 4. The minimum atomic E-state index is -0.417. The van der Waals surface area contributed by atoms with Gasteiger partial charge in [0.15, 0.2) is 6.29 Å². The first kappa shape index (κ1) is 23.4. The second-order valence-corrected chi connectivity index (χ2v) is 7.32. The Morgan fingerprint density at radius 1 is 0.886 bits per heavy atom. The van der Waals surface area contributed by atoms with Crippen LogP contribution in [0.1, 0.15) is 0 Å². The summed E-state index contributed by atoms with van der Waals surface area (Å²) < 4.78 is 13.5. The van der Waals surface area contributed by atoms with Crippen molar-refractivity contribution in [3.8, 4) is 0 Å². The maximum atomic E-state index is 12.0. The van der Waals surface area contributed by atoms with Crippen LogP contribution < -0.4 is 11.1 Å². The summed E-state index contributed by atoms with van der Waals surface area (Å²) in [4.78, 5) is 48.8. The number of hydrogen-bond acceptors (Lipinski definition) is 7. The van der Waals surface area contributed by atoms with Crippen LogP contribution >= 0.6 is 0 Å². The van der Waals surface area contributed by atoms with E-state index in [-0.39, 0.29) is 17.7 Å². The molecule has 1 fully saturated rings. The lowest BCUT2D eigenvalue weighted by molar-refractivity contribution is -0.108. The molecular formula is C24H18N6O5. The van der Waals surface area contributed by atoms with Gasteiger partial charge in [0.1, 0.15) is 6.29 Å². The maximum absolute atomic E-state index is 12.0. The van der Waals surface area contributed by atoms with E-state index in [4.69, 9.17) is 22.6 Å². The van der Waals surface area contributed by atoms with E-state index >= 15 is 0 Å². The maximum Gasteiger partial charge on any atom is 0.251 e. The number of ether oxygens (including phenoxy) is 2. The predicted molar refractivity (Wildman–Crippen MR) is 126 cm³/mol. The second-order valence-electron chi connectivity index (χ2n) is 7.32. The Balaban J connectivity index is 0.000000168. The van der Waals surface area contributed by atoms with Gasteiger partial charge in [-0.3, -0.25) is 19.6 Å². The molecule has 4 aromatic rings. The van der Waals surface area contributed by atoms with E-state index in [1.54, 1.807) is 24.3 Å². The first-order valence-electron chi connectivity index (χ1n) is 10.4. The van der Waals surface area contributed by atoms with E-state index in [9.17, 15) is 14.4 Å². The van der Waals surface area contributed by atoms with E-state index < -0.39 is 6.29 Å². The summed E-state index contributed by atoms with van der Waals surface area (Å²) in [6.45, 7) is 15.2. The molecule has 5 rings (SSSR count). The summed E-state index contributed by atoms with van der Waals surface area (Å²) in [5, 5.41) is 0. The van der Waals surface area contributed by atoms with Crippen LogP contribution in [0.4, 0.5) is 11.4 Å². The Kier molecular flexibility index (Phi) is 7.02. The van der Waals surface area contributed by atoms with Gasteiger partial charge in [-0.25, -0.2) is 9.69 Å². The van der Waals surface area contributed by atoms with Crippen LogP contribution in [0.5, 0.6) is 0 Å². The lowest BCUT2D eigenvalue weighted by Gasteiger charge is -2.13. The molecule has 11 nitrogen and oxygen atoms in total. The molecule has 0 aromatic carbocycles. The molecule has 0 bridgehead atoms. The van der Waals surface area contributed by atoms with Gasteiger partial charge in [0, 0.05) is 24.5 Å². The van der Waals surface area contributed by atoms with Crippen molar-refractivity contribution in [3.05, 3.63) is 92.3 Å². The quantitative estimate of drug-likeness (QED) is 0.332. The summed E-state index contributed by atoms with van der Waals surface area (Å²) in [6.07, 6.45) is 3.16. The molecule has 5 heterocycles. The van der Waals surface area contributed by atoms with Crippen LogP contribution in [0.2, 0.25) is 0 Å². The standard InChI is InChI=1S/C13H11N3O3.C11H7N3O2/c1-14-9-6-11-10(15-7-9)2-3-12(17)16(11)8-13-18-4-5-19-13;1-12-8-6-10-9(13-7-8)2-3-11(16)14(10)4-5-15/h2-3,6-7,13H,4-5,8H2;2-3,5-7H,4H2. The third-order valence-corrected chi connectivity index (χ3v) is 5.18. The molecule has 1 aliphatic heterocycles. The molecule has 0 N–H and O–H groups in total. The summed E-state index contributed by atoms with van der Waals surface area (Å²) in [6, 6.07) is 9.26. The van der Waals surface area contributed by atoms with Crippen molar-refractivity contribution in [3.63, 3.8) is 0 Å². The Morgan fingerprint density at radius 3 is 1.91 bits per heavy atom. The van der Waals surface area contributed by atoms with Gasteiger partial charge < -0.3 is 23.4 Å². The average molecular weight is 470 g/mol. The fraction of sp³-hybridized carbons (Fsp3) is 0.208. The van der Waals surface area contributed by atoms with Crippen molar-refractivity contribution in [1.29, 1.82) is 0 Å². The highest BCUT2D eigenvalue weighted by Gasteiger charge is 2.18. The molecule has 0 spiro atoms. The number of carbonyl (C=O) groups excluding carboxylic acids is 1. The SMILES string of the molecule is [C-]#[N+]c1cnc2ccc(=O)n(CC3OCCO3)c2c1.[C-]#[N+]c1cnc2ccc(=O)n(CC=O)c2c1. The zero-order valence-electron chi connectivity index (χ0n) is 18.3. The van der Waals surface area contributed by atoms with Gasteiger partial charge in [-0.1, -0.05) is 0 Å². The molecule has 174 valence electrons. The lowest BCUT2D eigenvalue weighted by atomic mass is 10.3. The van der Waals surface area contributed by atoms with Crippen LogP contribution in [-0.4, -0.2) is 44.9 Å². The number of hydrogen-bond donors (Lipinski definition) is 0. The number of fused-ring (bicyclic) bond motifs is 2. The largest absolute Gasteiger partial charge is 0.348 e. The topological polar surface area (TPSA) is 114 Å². The van der Waals surface area contributed by atoms with Gasteiger partial charge in [-0.15, -0.1) is 0 Å². The molecule has 35 heavy (non-hydrogen) atoms. The molecule has 0 unspecified atom stereocenters. The Bertz CT molecular complexity index is 1610. The van der Waals surface area contributed by atoms with Crippen molar-refractivity contribution >= 4 is 39.7 Å². The Labute approximate surface area is 198 Å². The van der Waals surface area contributed by atoms with Gasteiger partial charge in [0.2, 0.25) is 11.4 Å². The molecule has 0 amide bonds. The minimum Gasteiger partial charge on any atom is -0.348 e. The molecule has 4 aromatic heterocycles. The lowest BCUT2D eigenvalue weighted by Crippen LogP contribution is -2.27. The number of aldehydes is 1. The van der Waals surface area contributed by atoms with E-state index in [1.165, 1.54) is 33.7 Å². The molecule has 1 saturated heterocycles. The summed E-state index contributed by atoms with van der Waals surface area (Å²) in [7, 11) is 0. The van der Waals surface area contributed by atoms with Gasteiger partial charge in [-0.2, -0.15) is 0 Å². The third kappa shape index (κ3) is 5.12. The monoisotopic (exact) mass is 470 g/mol. The minimum absolute atomic E-state index is 0.0285. The summed E-state index contributed by atoms with van der Waals surface area (Å²) in [5.74, 6) is 0. The zero-order valence-corrected chi connectivity index (χ0v) is 18.3. The number of nitrogens with zero attached hydrogens (tertiary/aromatic N) is 6. The molecule has 11 heteroatoms. The van der Waals surface area contributed by atoms with Crippen molar-refractivity contribution in [2.24, 2.45) is 0 Å². The fourth-order valence-corrected chi connectivity index (χ4v) is 3.55. The third-order valence-electron chi connectivity index (χ3n) is 5.18. The highest BCUT2D eigenvalue weighted by atomic mass is 16.7. The van der Waals surface area contributed by atoms with Crippen molar-refractivity contribution in [2.45, 2.75) is 19.4 Å². The normalized spacial score (nSPS) is 13.1. The number of pyridine rings is 4. The second kappa shape index (κ2) is 10.5. The molecule has 0 aliphatic carbocycles. The van der Waals surface area contributed by atoms with Crippen molar-refractivity contribution < 1.29 is 14.3 Å². The summed E-state index contributed by atoms with van der Waals surface area (Å²) in [5.41, 5.74) is 2.71. The van der Waals surface area contributed by atoms with Crippen LogP contribution in [0.15, 0.2) is 58.4 Å². The molecular weight excluding hydrogens is 452 g/mol. The molecule has 0 atom stereocenters. The van der Waals surface area contributed by atoms with Crippen LogP contribution in [0.25, 0.3) is 31.8 Å². The van der Waals surface area contributed by atoms with Gasteiger partial charge in [0.25, 0.3) is 11.1 Å². The van der Waals surface area contributed by atoms with Crippen LogP contribution in [-0.2, 0) is 27.4 Å². The average Bonchev–Trinajstić information content (AvgIpc) is 3.40. The van der Waals surface area contributed by atoms with E-state index in [0.717, 1.165) is 0 Å². The molecule has 1 aliphatic rings. The fourth-order valence-electron chi connectivity index (χ4n) is 3.55. The highest BCUT2D eigenvalue weighted by molar-refractivity contribution is 5.79. The zero-order chi connectivity index (χ0) is 24.8. The predicted octanol–water partition coefficient (Wildman–Crippen LogP) is 2.47. The van der Waals surface area contributed by atoms with E-state index in [2.05, 4.69) is 19.7 Å². The molecule has 0 saturated carbocycles. The Morgan fingerprint density at radius 2 is 1.40 bits per heavy atom. The first-order chi connectivity index (χ1) is 17.0. The van der Waals surface area contributed by atoms with Gasteiger partial charge >= 0.3 is 0 Å². The number of aromatic nitrogens is 4. The van der Waals surface area contributed by atoms with E-state index in [0.29, 0.717) is 59.5 Å². The van der Waals surface area contributed by atoms with Gasteiger partial charge in [0.05, 0.1) is 61.5 Å². The van der Waals surface area contributed by atoms with Crippen molar-refractivity contribution in [2.75, 3.05) is 13.2 Å². The highest BCUT2D eigenvalue weighted by Crippen LogP contribution is 2.19. The molecule has 0 radical (unpaired) electrons. The number of carbonyl (C=O) groups is 1. The van der Waals surface area contributed by atoms with E-state index in [1.807, 2.05) is 0 Å². The van der Waals surface area contributed by atoms with Crippen LogP contribution in [0, 0.1) is 13.1 Å². The first-order valence-corrected chi connectivity index (χ1v) is 10.4. The van der Waals surface area contributed by atoms with Crippen LogP contribution in [0.3, 0.4) is 0 Å². The Hall–Kier alpha value is -4.71. The smallest absolute Gasteiger partial charge is 0.251 e. The van der Waals surface area contributed by atoms with Crippen molar-refractivity contribution in [1.82, 2.24) is 19.1 Å².